The fourth-order valence-electron chi connectivity index (χ4n) is 0.907. The third-order valence-electron chi connectivity index (χ3n) is 1.53. The van der Waals surface area contributed by atoms with Crippen molar-refractivity contribution in [3.05, 3.63) is 12.4 Å². The van der Waals surface area contributed by atoms with Crippen molar-refractivity contribution in [3.63, 3.8) is 0 Å². The molecule has 0 fully saturated rings. The van der Waals surface area contributed by atoms with Crippen molar-refractivity contribution in [2.75, 3.05) is 18.4 Å². The van der Waals surface area contributed by atoms with E-state index >= 15 is 0 Å². The molecule has 5 nitrogen and oxygen atoms in total. The van der Waals surface area contributed by atoms with Crippen molar-refractivity contribution >= 4 is 11.9 Å². The number of nitrogens with zero attached hydrogens (tertiary/aromatic N) is 1. The lowest BCUT2D eigenvalue weighted by Crippen LogP contribution is -2.21. The third-order valence-corrected chi connectivity index (χ3v) is 1.53. The lowest BCUT2D eigenvalue weighted by molar-refractivity contribution is -0.116. The number of aromatic amines is 1. The summed E-state index contributed by atoms with van der Waals surface area (Å²) in [6, 6.07) is 0. The number of carbonyl (C=O) groups is 1. The normalized spacial score (nSPS) is 9.92. The summed E-state index contributed by atoms with van der Waals surface area (Å²) in [4.78, 5) is 17.8. The van der Waals surface area contributed by atoms with E-state index in [1.54, 1.807) is 12.4 Å². The number of nitrogens with one attached hydrogen (secondary N) is 3. The summed E-state index contributed by atoms with van der Waals surface area (Å²) >= 11 is 0. The molecule has 0 aliphatic heterocycles. The van der Waals surface area contributed by atoms with E-state index in [-0.39, 0.29) is 5.91 Å². The number of anilines is 1. The minimum Gasteiger partial charge on any atom is -0.331 e. The minimum atomic E-state index is -0.0316. The highest BCUT2D eigenvalue weighted by atomic mass is 16.1. The van der Waals surface area contributed by atoms with Gasteiger partial charge in [-0.15, -0.1) is 0 Å². The number of amides is 1. The zero-order valence-electron chi connectivity index (χ0n) is 7.63. The van der Waals surface area contributed by atoms with E-state index in [2.05, 4.69) is 20.6 Å². The first-order valence-corrected chi connectivity index (χ1v) is 4.33. The molecule has 1 aromatic rings. The van der Waals surface area contributed by atoms with Crippen LogP contribution in [0.1, 0.15) is 13.3 Å². The maximum absolute atomic E-state index is 11.2. The lowest BCUT2D eigenvalue weighted by Gasteiger charge is -2.01. The molecular formula is C8H14N4O. The van der Waals surface area contributed by atoms with Crippen LogP contribution in [0, 0.1) is 0 Å². The Bertz CT molecular complexity index is 245. The van der Waals surface area contributed by atoms with Crippen molar-refractivity contribution in [2.24, 2.45) is 0 Å². The highest BCUT2D eigenvalue weighted by molar-refractivity contribution is 5.88. The van der Waals surface area contributed by atoms with E-state index in [1.165, 1.54) is 0 Å². The number of rotatable bonds is 5. The number of H-pyrrole nitrogens is 1. The van der Waals surface area contributed by atoms with Gasteiger partial charge >= 0.3 is 0 Å². The fourth-order valence-corrected chi connectivity index (χ4v) is 0.907. The van der Waals surface area contributed by atoms with Gasteiger partial charge in [0.1, 0.15) is 0 Å². The van der Waals surface area contributed by atoms with Crippen LogP contribution in [0.15, 0.2) is 12.4 Å². The van der Waals surface area contributed by atoms with Gasteiger partial charge in [-0.25, -0.2) is 4.98 Å². The van der Waals surface area contributed by atoms with Gasteiger partial charge in [-0.05, 0) is 6.54 Å². The minimum absolute atomic E-state index is 0.0316. The molecule has 0 bridgehead atoms. The van der Waals surface area contributed by atoms with Gasteiger partial charge in [0.05, 0.1) is 0 Å². The lowest BCUT2D eigenvalue weighted by atomic mass is 10.4. The summed E-state index contributed by atoms with van der Waals surface area (Å²) in [6.45, 7) is 3.58. The molecule has 13 heavy (non-hydrogen) atoms. The van der Waals surface area contributed by atoms with Crippen LogP contribution < -0.4 is 10.6 Å². The van der Waals surface area contributed by atoms with E-state index in [9.17, 15) is 4.79 Å². The summed E-state index contributed by atoms with van der Waals surface area (Å²) in [6.07, 6.45) is 3.73. The molecule has 0 saturated carbocycles. The maximum atomic E-state index is 11.2. The maximum Gasteiger partial charge on any atom is 0.227 e. The van der Waals surface area contributed by atoms with Crippen molar-refractivity contribution < 1.29 is 4.79 Å². The molecule has 1 amide bonds. The molecule has 0 saturated heterocycles. The first-order chi connectivity index (χ1) is 6.33. The van der Waals surface area contributed by atoms with Gasteiger partial charge in [-0.3, -0.25) is 10.1 Å². The van der Waals surface area contributed by atoms with E-state index in [0.717, 1.165) is 6.54 Å². The van der Waals surface area contributed by atoms with Crippen LogP contribution >= 0.6 is 0 Å². The van der Waals surface area contributed by atoms with Crippen LogP contribution in [-0.2, 0) is 4.79 Å². The first kappa shape index (κ1) is 9.73. The smallest absolute Gasteiger partial charge is 0.227 e. The monoisotopic (exact) mass is 182 g/mol. The molecule has 0 spiro atoms. The molecule has 1 rings (SSSR count). The number of aromatic nitrogens is 2. The number of hydrogen-bond acceptors (Lipinski definition) is 3. The Hall–Kier alpha value is -1.36. The van der Waals surface area contributed by atoms with Crippen molar-refractivity contribution in [1.29, 1.82) is 0 Å². The van der Waals surface area contributed by atoms with Crippen LogP contribution in [0.25, 0.3) is 0 Å². The number of carbonyl (C=O) groups excluding carboxylic acids is 1. The molecule has 0 radical (unpaired) electrons. The third kappa shape index (κ3) is 3.71. The van der Waals surface area contributed by atoms with Crippen molar-refractivity contribution in [2.45, 2.75) is 13.3 Å². The van der Waals surface area contributed by atoms with E-state index in [0.29, 0.717) is 18.9 Å². The quantitative estimate of drug-likeness (QED) is 0.575. The summed E-state index contributed by atoms with van der Waals surface area (Å²) in [7, 11) is 0. The fraction of sp³-hybridized carbons (Fsp3) is 0.500. The standard InChI is InChI=1S/C8H14N4O/c1-2-9-4-3-7(13)12-8-10-5-6-11-8/h5-6,9H,2-4H2,1H3,(H2,10,11,12,13). The predicted octanol–water partition coefficient (Wildman–Crippen LogP) is 0.348. The molecule has 3 N–H and O–H groups in total. The molecule has 0 aliphatic carbocycles. The van der Waals surface area contributed by atoms with Gasteiger partial charge in [0.25, 0.3) is 0 Å². The van der Waals surface area contributed by atoms with Gasteiger partial charge in [-0.1, -0.05) is 6.92 Å². The molecule has 0 atom stereocenters. The molecule has 1 heterocycles. The van der Waals surface area contributed by atoms with Crippen LogP contribution in [0.4, 0.5) is 5.95 Å². The predicted molar refractivity (Wildman–Crippen MR) is 50.4 cm³/mol. The van der Waals surface area contributed by atoms with Gasteiger partial charge < -0.3 is 10.3 Å². The summed E-state index contributed by atoms with van der Waals surface area (Å²) in [5, 5.41) is 5.70. The molecule has 0 aromatic carbocycles. The van der Waals surface area contributed by atoms with Crippen molar-refractivity contribution in [1.82, 2.24) is 15.3 Å². The highest BCUT2D eigenvalue weighted by Crippen LogP contribution is 1.95. The van der Waals surface area contributed by atoms with E-state index in [1.807, 2.05) is 6.92 Å². The molecule has 72 valence electrons. The second kappa shape index (κ2) is 5.31. The molecule has 0 aliphatic rings. The summed E-state index contributed by atoms with van der Waals surface area (Å²) in [5.74, 6) is 0.470. The Morgan fingerprint density at radius 3 is 3.15 bits per heavy atom. The Morgan fingerprint density at radius 2 is 2.54 bits per heavy atom. The first-order valence-electron chi connectivity index (χ1n) is 4.33. The molecule has 0 unspecified atom stereocenters. The topological polar surface area (TPSA) is 69.8 Å². The Labute approximate surface area is 76.9 Å². The Morgan fingerprint density at radius 1 is 1.69 bits per heavy atom. The SMILES string of the molecule is CCNCCC(=O)Nc1ncc[nH]1. The summed E-state index contributed by atoms with van der Waals surface area (Å²) in [5.41, 5.74) is 0. The second-order valence-electron chi connectivity index (χ2n) is 2.59. The van der Waals surface area contributed by atoms with Crippen LogP contribution in [0.3, 0.4) is 0 Å². The highest BCUT2D eigenvalue weighted by Gasteiger charge is 2.01. The Balaban J connectivity index is 2.18. The van der Waals surface area contributed by atoms with Gasteiger partial charge in [-0.2, -0.15) is 0 Å². The average molecular weight is 182 g/mol. The molecule has 1 aromatic heterocycles. The van der Waals surface area contributed by atoms with Crippen LogP contribution in [0.5, 0.6) is 0 Å². The van der Waals surface area contributed by atoms with E-state index < -0.39 is 0 Å². The zero-order valence-corrected chi connectivity index (χ0v) is 7.63. The van der Waals surface area contributed by atoms with Gasteiger partial charge in [0, 0.05) is 25.4 Å². The van der Waals surface area contributed by atoms with Crippen LogP contribution in [0.2, 0.25) is 0 Å². The number of imidazole rings is 1. The molecular weight excluding hydrogens is 168 g/mol. The summed E-state index contributed by atoms with van der Waals surface area (Å²) < 4.78 is 0. The van der Waals surface area contributed by atoms with Gasteiger partial charge in [0.2, 0.25) is 11.9 Å². The van der Waals surface area contributed by atoms with Crippen molar-refractivity contribution in [3.8, 4) is 0 Å². The average Bonchev–Trinajstić information content (AvgIpc) is 2.57. The van der Waals surface area contributed by atoms with Crippen LogP contribution in [-0.4, -0.2) is 29.0 Å². The second-order valence-corrected chi connectivity index (χ2v) is 2.59. The largest absolute Gasteiger partial charge is 0.331 e. The van der Waals surface area contributed by atoms with Gasteiger partial charge in [0.15, 0.2) is 0 Å². The zero-order chi connectivity index (χ0) is 9.52. The Kier molecular flexibility index (Phi) is 3.98. The number of hydrogen-bond donors (Lipinski definition) is 3. The molecule has 5 heteroatoms. The van der Waals surface area contributed by atoms with E-state index in [4.69, 9.17) is 0 Å².